The molecular weight excluding hydrogens is 301 g/mol. The lowest BCUT2D eigenvalue weighted by Gasteiger charge is -2.12. The normalized spacial score (nSPS) is 11.3. The van der Waals surface area contributed by atoms with Gasteiger partial charge >= 0.3 is 6.18 Å². The van der Waals surface area contributed by atoms with E-state index in [2.05, 4.69) is 4.98 Å². The van der Waals surface area contributed by atoms with Crippen molar-refractivity contribution < 1.29 is 27.4 Å². The zero-order valence-electron chi connectivity index (χ0n) is 11.6. The SMILES string of the molecule is COc1cc2ccncc2cc1OCC(=O)NCC(F)(F)F. The smallest absolute Gasteiger partial charge is 0.405 e. The molecule has 8 heteroatoms. The number of fused-ring (bicyclic) bond motifs is 1. The van der Waals surface area contributed by atoms with Crippen molar-refractivity contribution >= 4 is 16.7 Å². The number of rotatable bonds is 5. The van der Waals surface area contributed by atoms with Gasteiger partial charge in [-0.3, -0.25) is 9.78 Å². The number of benzene rings is 1. The highest BCUT2D eigenvalue weighted by Gasteiger charge is 2.27. The van der Waals surface area contributed by atoms with Crippen molar-refractivity contribution in [3.05, 3.63) is 30.6 Å². The van der Waals surface area contributed by atoms with Crippen molar-refractivity contribution in [2.24, 2.45) is 0 Å². The Morgan fingerprint density at radius 2 is 2.00 bits per heavy atom. The van der Waals surface area contributed by atoms with Gasteiger partial charge in [-0.2, -0.15) is 13.2 Å². The van der Waals surface area contributed by atoms with Crippen molar-refractivity contribution in [1.82, 2.24) is 10.3 Å². The van der Waals surface area contributed by atoms with E-state index in [0.717, 1.165) is 10.8 Å². The predicted octanol–water partition coefficient (Wildman–Crippen LogP) is 2.30. The van der Waals surface area contributed by atoms with E-state index in [4.69, 9.17) is 9.47 Å². The van der Waals surface area contributed by atoms with E-state index >= 15 is 0 Å². The van der Waals surface area contributed by atoms with Crippen LogP contribution >= 0.6 is 0 Å². The second-order valence-corrected chi connectivity index (χ2v) is 4.41. The van der Waals surface area contributed by atoms with Crippen LogP contribution in [0.15, 0.2) is 30.6 Å². The molecule has 1 heterocycles. The first kappa shape index (κ1) is 15.9. The lowest BCUT2D eigenvalue weighted by molar-refractivity contribution is -0.139. The maximum Gasteiger partial charge on any atom is 0.405 e. The van der Waals surface area contributed by atoms with E-state index in [1.54, 1.807) is 35.9 Å². The molecule has 0 fully saturated rings. The van der Waals surface area contributed by atoms with Crippen LogP contribution in [-0.4, -0.2) is 37.3 Å². The Morgan fingerprint density at radius 1 is 1.27 bits per heavy atom. The van der Waals surface area contributed by atoms with Crippen LogP contribution in [0, 0.1) is 0 Å². The minimum atomic E-state index is -4.46. The summed E-state index contributed by atoms with van der Waals surface area (Å²) in [5, 5.41) is 3.35. The first-order valence-corrected chi connectivity index (χ1v) is 6.27. The number of halogens is 3. The number of carbonyl (C=O) groups excluding carboxylic acids is 1. The molecule has 5 nitrogen and oxygen atoms in total. The molecular formula is C14H13F3N2O3. The van der Waals surface area contributed by atoms with Gasteiger partial charge < -0.3 is 14.8 Å². The molecule has 0 saturated heterocycles. The molecule has 2 aromatic rings. The number of pyridine rings is 1. The van der Waals surface area contributed by atoms with Gasteiger partial charge in [0.25, 0.3) is 5.91 Å². The molecule has 0 aliphatic heterocycles. The minimum absolute atomic E-state index is 0.255. The number of nitrogens with one attached hydrogen (secondary N) is 1. The summed E-state index contributed by atoms with van der Waals surface area (Å²) < 4.78 is 46.3. The highest BCUT2D eigenvalue weighted by Crippen LogP contribution is 2.31. The molecule has 0 bridgehead atoms. The van der Waals surface area contributed by atoms with E-state index in [0.29, 0.717) is 5.75 Å². The molecule has 0 atom stereocenters. The molecule has 0 radical (unpaired) electrons. The summed E-state index contributed by atoms with van der Waals surface area (Å²) in [5.74, 6) is -0.238. The summed E-state index contributed by atoms with van der Waals surface area (Å²) in [6.07, 6.45) is -1.24. The van der Waals surface area contributed by atoms with Gasteiger partial charge in [-0.1, -0.05) is 0 Å². The predicted molar refractivity (Wildman–Crippen MR) is 72.9 cm³/mol. The number of hydrogen-bond donors (Lipinski definition) is 1. The quantitative estimate of drug-likeness (QED) is 0.920. The van der Waals surface area contributed by atoms with Crippen molar-refractivity contribution in [2.75, 3.05) is 20.3 Å². The molecule has 0 spiro atoms. The fourth-order valence-electron chi connectivity index (χ4n) is 1.76. The van der Waals surface area contributed by atoms with Crippen LogP contribution in [0.2, 0.25) is 0 Å². The maximum absolute atomic E-state index is 12.0. The fraction of sp³-hybridized carbons (Fsp3) is 0.286. The average molecular weight is 314 g/mol. The number of aromatic nitrogens is 1. The second kappa shape index (κ2) is 6.50. The Morgan fingerprint density at radius 3 is 2.68 bits per heavy atom. The van der Waals surface area contributed by atoms with Gasteiger partial charge in [0.05, 0.1) is 7.11 Å². The first-order valence-electron chi connectivity index (χ1n) is 6.27. The summed E-state index contributed by atoms with van der Waals surface area (Å²) >= 11 is 0. The van der Waals surface area contributed by atoms with Gasteiger partial charge in [0, 0.05) is 17.8 Å². The van der Waals surface area contributed by atoms with E-state index in [9.17, 15) is 18.0 Å². The van der Waals surface area contributed by atoms with Crippen LogP contribution in [0.4, 0.5) is 13.2 Å². The number of nitrogens with zero attached hydrogens (tertiary/aromatic N) is 1. The van der Waals surface area contributed by atoms with Crippen molar-refractivity contribution in [1.29, 1.82) is 0 Å². The maximum atomic E-state index is 12.0. The highest BCUT2D eigenvalue weighted by atomic mass is 19.4. The minimum Gasteiger partial charge on any atom is -0.493 e. The van der Waals surface area contributed by atoms with Crippen LogP contribution in [0.1, 0.15) is 0 Å². The summed E-state index contributed by atoms with van der Waals surface area (Å²) in [5.41, 5.74) is 0. The highest BCUT2D eigenvalue weighted by molar-refractivity contribution is 5.85. The van der Waals surface area contributed by atoms with Gasteiger partial charge in [-0.15, -0.1) is 0 Å². The third-order valence-corrected chi connectivity index (χ3v) is 2.77. The lowest BCUT2D eigenvalue weighted by atomic mass is 10.1. The molecule has 1 aromatic carbocycles. The van der Waals surface area contributed by atoms with E-state index in [1.165, 1.54) is 7.11 Å². The Hall–Kier alpha value is -2.51. The molecule has 1 aromatic heterocycles. The summed E-state index contributed by atoms with van der Waals surface area (Å²) in [6, 6.07) is 5.08. The Bertz CT molecular complexity index is 674. The molecule has 118 valence electrons. The molecule has 0 aliphatic rings. The van der Waals surface area contributed by atoms with Gasteiger partial charge in [-0.25, -0.2) is 0 Å². The molecule has 22 heavy (non-hydrogen) atoms. The van der Waals surface area contributed by atoms with Crippen molar-refractivity contribution in [2.45, 2.75) is 6.18 Å². The molecule has 0 unspecified atom stereocenters. The number of alkyl halides is 3. The first-order chi connectivity index (χ1) is 10.4. The monoisotopic (exact) mass is 314 g/mol. The van der Waals surface area contributed by atoms with Crippen molar-refractivity contribution in [3.63, 3.8) is 0 Å². The fourth-order valence-corrected chi connectivity index (χ4v) is 1.76. The van der Waals surface area contributed by atoms with E-state index in [-0.39, 0.29) is 5.75 Å². The van der Waals surface area contributed by atoms with E-state index in [1.807, 2.05) is 0 Å². The van der Waals surface area contributed by atoms with Gasteiger partial charge in [-0.05, 0) is 23.6 Å². The summed E-state index contributed by atoms with van der Waals surface area (Å²) in [4.78, 5) is 15.3. The van der Waals surface area contributed by atoms with Crippen LogP contribution in [0.25, 0.3) is 10.8 Å². The number of hydrogen-bond acceptors (Lipinski definition) is 4. The standard InChI is InChI=1S/C14H13F3N2O3/c1-21-11-4-9-2-3-18-6-10(9)5-12(11)22-7-13(20)19-8-14(15,16)17/h2-6H,7-8H2,1H3,(H,19,20). The third-order valence-electron chi connectivity index (χ3n) is 2.77. The van der Waals surface area contributed by atoms with Crippen LogP contribution in [0.5, 0.6) is 11.5 Å². The molecule has 1 N–H and O–H groups in total. The average Bonchev–Trinajstić information content (AvgIpc) is 2.49. The van der Waals surface area contributed by atoms with Crippen LogP contribution in [-0.2, 0) is 4.79 Å². The van der Waals surface area contributed by atoms with Crippen LogP contribution < -0.4 is 14.8 Å². The van der Waals surface area contributed by atoms with Crippen LogP contribution in [0.3, 0.4) is 0 Å². The Balaban J connectivity index is 2.06. The summed E-state index contributed by atoms with van der Waals surface area (Å²) in [7, 11) is 1.43. The van der Waals surface area contributed by atoms with Gasteiger partial charge in [0.1, 0.15) is 6.54 Å². The largest absolute Gasteiger partial charge is 0.493 e. The topological polar surface area (TPSA) is 60.5 Å². The zero-order valence-corrected chi connectivity index (χ0v) is 11.6. The second-order valence-electron chi connectivity index (χ2n) is 4.41. The van der Waals surface area contributed by atoms with E-state index < -0.39 is 25.2 Å². The summed E-state index contributed by atoms with van der Waals surface area (Å²) in [6.45, 7) is -1.94. The number of methoxy groups -OCH3 is 1. The Labute approximate surface area is 124 Å². The number of ether oxygens (including phenoxy) is 2. The molecule has 1 amide bonds. The zero-order chi connectivity index (χ0) is 16.2. The molecule has 0 aliphatic carbocycles. The van der Waals surface area contributed by atoms with Gasteiger partial charge in [0.15, 0.2) is 18.1 Å². The number of amides is 1. The molecule has 0 saturated carbocycles. The molecule has 2 rings (SSSR count). The third kappa shape index (κ3) is 4.24. The number of carbonyl (C=O) groups is 1. The van der Waals surface area contributed by atoms with Crippen molar-refractivity contribution in [3.8, 4) is 11.5 Å². The lowest BCUT2D eigenvalue weighted by Crippen LogP contribution is -2.36. The Kier molecular flexibility index (Phi) is 4.69. The van der Waals surface area contributed by atoms with Gasteiger partial charge in [0.2, 0.25) is 0 Å².